The van der Waals surface area contributed by atoms with Crippen molar-refractivity contribution in [3.05, 3.63) is 52.7 Å². The van der Waals surface area contributed by atoms with Crippen LogP contribution in [0.5, 0.6) is 23.0 Å². The molecule has 0 aliphatic rings. The van der Waals surface area contributed by atoms with Gasteiger partial charge in [0.2, 0.25) is 0 Å². The first-order chi connectivity index (χ1) is 20.9. The average Bonchev–Trinajstić information content (AvgIpc) is 3.42. The molecule has 2 aromatic carbocycles. The molecule has 0 spiro atoms. The minimum atomic E-state index is -4.04. The summed E-state index contributed by atoms with van der Waals surface area (Å²) in [5, 5.41) is 4.08. The van der Waals surface area contributed by atoms with Crippen molar-refractivity contribution in [2.24, 2.45) is 21.1 Å². The Bertz CT molecular complexity index is 1760. The van der Waals surface area contributed by atoms with E-state index in [-0.39, 0.29) is 22.0 Å². The van der Waals surface area contributed by atoms with E-state index in [1.165, 1.54) is 20.0 Å². The summed E-state index contributed by atoms with van der Waals surface area (Å²) in [4.78, 5) is 15.0. The molecule has 0 saturated heterocycles. The van der Waals surface area contributed by atoms with Crippen molar-refractivity contribution >= 4 is 26.7 Å². The first-order valence-corrected chi connectivity index (χ1v) is 16.3. The summed E-state index contributed by atoms with van der Waals surface area (Å²) in [6.45, 7) is 5.84. The van der Waals surface area contributed by atoms with E-state index < -0.39 is 10.0 Å². The number of sulfonamides is 1. The Morgan fingerprint density at radius 1 is 0.864 bits per heavy atom. The molecule has 0 aliphatic heterocycles. The van der Waals surface area contributed by atoms with Gasteiger partial charge < -0.3 is 19.1 Å². The molecule has 13 heteroatoms. The van der Waals surface area contributed by atoms with Gasteiger partial charge in [-0.2, -0.15) is 5.10 Å². The van der Waals surface area contributed by atoms with Crippen LogP contribution in [0.1, 0.15) is 44.7 Å². The number of imidazole rings is 1. The van der Waals surface area contributed by atoms with E-state index in [9.17, 15) is 13.2 Å². The molecule has 0 amide bonds. The van der Waals surface area contributed by atoms with E-state index in [1.807, 2.05) is 13.0 Å². The van der Waals surface area contributed by atoms with Crippen LogP contribution >= 0.6 is 0 Å². The van der Waals surface area contributed by atoms with Crippen LogP contribution in [0.25, 0.3) is 11.0 Å². The van der Waals surface area contributed by atoms with Crippen molar-refractivity contribution < 1.29 is 22.6 Å². The highest BCUT2D eigenvalue weighted by Gasteiger charge is 2.24. The minimum Gasteiger partial charge on any atom is -0.493 e. The molecule has 0 radical (unpaired) electrons. The fraction of sp³-hybridized carbons (Fsp3) is 0.484. The molecule has 240 valence electrons. The van der Waals surface area contributed by atoms with Crippen molar-refractivity contribution in [3.63, 3.8) is 0 Å². The summed E-state index contributed by atoms with van der Waals surface area (Å²) in [5.41, 5.74) is 1.52. The summed E-state index contributed by atoms with van der Waals surface area (Å²) >= 11 is 0. The lowest BCUT2D eigenvalue weighted by Gasteiger charge is -2.16. The highest BCUT2D eigenvalue weighted by atomic mass is 32.2. The second kappa shape index (κ2) is 14.2. The zero-order valence-corrected chi connectivity index (χ0v) is 27.5. The lowest BCUT2D eigenvalue weighted by molar-refractivity contribution is 0.291. The summed E-state index contributed by atoms with van der Waals surface area (Å²) in [7, 11) is 5.08. The summed E-state index contributed by atoms with van der Waals surface area (Å²) < 4.78 is 52.4. The predicted octanol–water partition coefficient (Wildman–Crippen LogP) is 4.80. The number of nitrogens with zero attached hydrogens (tertiary/aromatic N) is 5. The molecule has 0 atom stereocenters. The van der Waals surface area contributed by atoms with Crippen LogP contribution in [0.4, 0.5) is 5.69 Å². The number of unbranched alkanes of at least 4 members (excludes halogenated alkanes) is 3. The van der Waals surface area contributed by atoms with Crippen LogP contribution in [-0.2, 0) is 31.2 Å². The number of ether oxygens (including phenoxy) is 3. The van der Waals surface area contributed by atoms with Gasteiger partial charge in [0.1, 0.15) is 22.1 Å². The standard InChI is InChI=1S/C31H44N6O6S/c1-8-14-41-23-16-24(42-15-12-10-9-11-13-34(3)4)18-25(17-23)43-29-20-28-27(35(5)31(38)36(28)6)19-26(29)33-44(39,40)30-21-32-37(7)22(30)2/h16-21,33H,8-15H2,1-7H3. The number of aromatic nitrogens is 4. The molecule has 0 bridgehead atoms. The van der Waals surface area contributed by atoms with Gasteiger partial charge in [-0.05, 0) is 52.9 Å². The molecular formula is C31H44N6O6S. The molecule has 2 aromatic heterocycles. The number of fused-ring (bicyclic) bond motifs is 1. The number of hydrogen-bond acceptors (Lipinski definition) is 8. The third-order valence-electron chi connectivity index (χ3n) is 7.42. The highest BCUT2D eigenvalue weighted by Crippen LogP contribution is 2.38. The summed E-state index contributed by atoms with van der Waals surface area (Å²) in [6, 6.07) is 8.57. The smallest absolute Gasteiger partial charge is 0.328 e. The van der Waals surface area contributed by atoms with E-state index in [4.69, 9.17) is 14.2 Å². The number of rotatable bonds is 16. The summed E-state index contributed by atoms with van der Waals surface area (Å²) in [5.74, 6) is 1.77. The highest BCUT2D eigenvalue weighted by molar-refractivity contribution is 7.92. The SMILES string of the molecule is CCCOc1cc(OCCCCCCN(C)C)cc(Oc2cc3c(cc2NS(=O)(=O)c2cnn(C)c2C)n(C)c(=O)n3C)c1. The second-order valence-electron chi connectivity index (χ2n) is 11.2. The van der Waals surface area contributed by atoms with E-state index in [2.05, 4.69) is 28.8 Å². The predicted molar refractivity (Wildman–Crippen MR) is 172 cm³/mol. The van der Waals surface area contributed by atoms with Crippen molar-refractivity contribution in [2.45, 2.75) is 50.8 Å². The quantitative estimate of drug-likeness (QED) is 0.176. The molecule has 1 N–H and O–H groups in total. The first-order valence-electron chi connectivity index (χ1n) is 14.9. The van der Waals surface area contributed by atoms with Gasteiger partial charge in [-0.3, -0.25) is 18.5 Å². The largest absolute Gasteiger partial charge is 0.493 e. The van der Waals surface area contributed by atoms with Gasteiger partial charge in [0.05, 0.1) is 41.8 Å². The average molecular weight is 629 g/mol. The molecule has 0 fully saturated rings. The zero-order chi connectivity index (χ0) is 32.0. The fourth-order valence-corrected chi connectivity index (χ4v) is 6.09. The third-order valence-corrected chi connectivity index (χ3v) is 8.89. The van der Waals surface area contributed by atoms with Crippen molar-refractivity contribution in [1.29, 1.82) is 0 Å². The van der Waals surface area contributed by atoms with Gasteiger partial charge in [0.25, 0.3) is 10.0 Å². The van der Waals surface area contributed by atoms with Crippen molar-refractivity contribution in [1.82, 2.24) is 23.8 Å². The Hall–Kier alpha value is -3.97. The van der Waals surface area contributed by atoms with Gasteiger partial charge in [-0.1, -0.05) is 19.8 Å². The number of aryl methyl sites for hydroxylation is 3. The number of hydrogen-bond donors (Lipinski definition) is 1. The lowest BCUT2D eigenvalue weighted by atomic mass is 10.2. The Kier molecular flexibility index (Phi) is 10.6. The molecule has 4 aromatic rings. The fourth-order valence-electron chi connectivity index (χ4n) is 4.82. The lowest BCUT2D eigenvalue weighted by Crippen LogP contribution is -2.19. The molecule has 0 aliphatic carbocycles. The van der Waals surface area contributed by atoms with Crippen LogP contribution in [0, 0.1) is 6.92 Å². The molecule has 0 unspecified atom stereocenters. The van der Waals surface area contributed by atoms with Crippen LogP contribution < -0.4 is 24.6 Å². The monoisotopic (exact) mass is 628 g/mol. The molecule has 44 heavy (non-hydrogen) atoms. The minimum absolute atomic E-state index is 0.0420. The third kappa shape index (κ3) is 7.75. The van der Waals surface area contributed by atoms with E-state index >= 15 is 0 Å². The van der Waals surface area contributed by atoms with Crippen molar-refractivity contribution in [2.75, 3.05) is 38.6 Å². The first kappa shape index (κ1) is 32.9. The van der Waals surface area contributed by atoms with Crippen LogP contribution in [0.3, 0.4) is 0 Å². The number of nitrogens with one attached hydrogen (secondary N) is 1. The van der Waals surface area contributed by atoms with E-state index in [0.29, 0.717) is 47.2 Å². The summed E-state index contributed by atoms with van der Waals surface area (Å²) in [6.07, 6.45) is 6.40. The van der Waals surface area contributed by atoms with E-state index in [0.717, 1.165) is 38.6 Å². The maximum absolute atomic E-state index is 13.5. The van der Waals surface area contributed by atoms with Gasteiger partial charge in [0.15, 0.2) is 5.75 Å². The molecule has 0 saturated carbocycles. The maximum atomic E-state index is 13.5. The van der Waals surface area contributed by atoms with Gasteiger partial charge in [-0.15, -0.1) is 0 Å². The second-order valence-corrected chi connectivity index (χ2v) is 12.9. The van der Waals surface area contributed by atoms with Crippen LogP contribution in [0.15, 0.2) is 46.2 Å². The maximum Gasteiger partial charge on any atom is 0.328 e. The Labute approximate surface area is 259 Å². The molecule has 12 nitrogen and oxygen atoms in total. The Morgan fingerprint density at radius 2 is 1.48 bits per heavy atom. The molecule has 4 rings (SSSR count). The van der Waals surface area contributed by atoms with Gasteiger partial charge >= 0.3 is 5.69 Å². The van der Waals surface area contributed by atoms with Crippen LogP contribution in [0.2, 0.25) is 0 Å². The normalized spacial score (nSPS) is 11.8. The number of benzene rings is 2. The van der Waals surface area contributed by atoms with E-state index in [1.54, 1.807) is 52.3 Å². The number of anilines is 1. The van der Waals surface area contributed by atoms with Gasteiger partial charge in [0, 0.05) is 45.4 Å². The Morgan fingerprint density at radius 3 is 2.09 bits per heavy atom. The molecule has 2 heterocycles. The van der Waals surface area contributed by atoms with Crippen LogP contribution in [-0.4, -0.2) is 66.1 Å². The van der Waals surface area contributed by atoms with Crippen molar-refractivity contribution in [3.8, 4) is 23.0 Å². The zero-order valence-electron chi connectivity index (χ0n) is 26.7. The topological polar surface area (TPSA) is 122 Å². The van der Waals surface area contributed by atoms with Gasteiger partial charge in [-0.25, -0.2) is 13.2 Å². The molecular weight excluding hydrogens is 584 g/mol. The Balaban J connectivity index is 1.66.